The minimum atomic E-state index is 0.684. The second-order valence-electron chi connectivity index (χ2n) is 4.86. The van der Waals surface area contributed by atoms with E-state index in [4.69, 9.17) is 10.5 Å². The fourth-order valence-electron chi connectivity index (χ4n) is 2.29. The number of hydrogen-bond acceptors (Lipinski definition) is 3. The van der Waals surface area contributed by atoms with Gasteiger partial charge in [-0.3, -0.25) is 0 Å². The van der Waals surface area contributed by atoms with E-state index < -0.39 is 0 Å². The Kier molecular flexibility index (Phi) is 5.02. The van der Waals surface area contributed by atoms with E-state index in [0.29, 0.717) is 6.54 Å². The number of benzene rings is 2. The van der Waals surface area contributed by atoms with Crippen molar-refractivity contribution in [3.8, 4) is 5.75 Å². The van der Waals surface area contributed by atoms with E-state index in [1.165, 1.54) is 16.8 Å². The molecule has 0 saturated carbocycles. The molecule has 2 rings (SSSR count). The van der Waals surface area contributed by atoms with Crippen LogP contribution in [0.2, 0.25) is 0 Å². The summed E-state index contributed by atoms with van der Waals surface area (Å²) in [5, 5.41) is 0. The van der Waals surface area contributed by atoms with Crippen LogP contribution in [0.25, 0.3) is 0 Å². The topological polar surface area (TPSA) is 38.5 Å². The quantitative estimate of drug-likeness (QED) is 0.877. The summed E-state index contributed by atoms with van der Waals surface area (Å²) in [6, 6.07) is 16.6. The van der Waals surface area contributed by atoms with Crippen molar-refractivity contribution in [1.82, 2.24) is 0 Å². The lowest BCUT2D eigenvalue weighted by Crippen LogP contribution is -2.18. The van der Waals surface area contributed by atoms with Gasteiger partial charge in [0.15, 0.2) is 0 Å². The first-order valence-electron chi connectivity index (χ1n) is 6.86. The van der Waals surface area contributed by atoms with Crippen LogP contribution in [0.4, 0.5) is 5.69 Å². The van der Waals surface area contributed by atoms with Gasteiger partial charge in [-0.25, -0.2) is 0 Å². The van der Waals surface area contributed by atoms with Crippen LogP contribution in [-0.4, -0.2) is 20.7 Å². The van der Waals surface area contributed by atoms with Crippen LogP contribution in [0.15, 0.2) is 48.5 Å². The summed E-state index contributed by atoms with van der Waals surface area (Å²) in [4.78, 5) is 2.23. The van der Waals surface area contributed by atoms with Crippen LogP contribution < -0.4 is 15.4 Å². The van der Waals surface area contributed by atoms with Gasteiger partial charge in [0.2, 0.25) is 0 Å². The van der Waals surface area contributed by atoms with Crippen molar-refractivity contribution in [1.29, 1.82) is 0 Å². The standard InChI is InChI=1S/C17H22N2O/c1-19(16-7-9-17(20-2)10-8-16)13-15-6-4-3-5-14(15)11-12-18/h3-10H,11-13,18H2,1-2H3. The Morgan fingerprint density at radius 3 is 2.25 bits per heavy atom. The van der Waals surface area contributed by atoms with Gasteiger partial charge in [-0.05, 0) is 48.4 Å². The second-order valence-corrected chi connectivity index (χ2v) is 4.86. The van der Waals surface area contributed by atoms with Gasteiger partial charge in [0.25, 0.3) is 0 Å². The number of ether oxygens (including phenoxy) is 1. The highest BCUT2D eigenvalue weighted by Crippen LogP contribution is 2.21. The minimum Gasteiger partial charge on any atom is -0.497 e. The van der Waals surface area contributed by atoms with Crippen LogP contribution in [0.1, 0.15) is 11.1 Å². The van der Waals surface area contributed by atoms with Gasteiger partial charge in [0.1, 0.15) is 5.75 Å². The maximum atomic E-state index is 5.68. The van der Waals surface area contributed by atoms with Gasteiger partial charge < -0.3 is 15.4 Å². The molecule has 3 nitrogen and oxygen atoms in total. The van der Waals surface area contributed by atoms with E-state index in [0.717, 1.165) is 18.7 Å². The Morgan fingerprint density at radius 1 is 1.00 bits per heavy atom. The maximum Gasteiger partial charge on any atom is 0.119 e. The second kappa shape index (κ2) is 6.96. The first-order valence-corrected chi connectivity index (χ1v) is 6.86. The molecule has 0 aliphatic rings. The molecular weight excluding hydrogens is 248 g/mol. The van der Waals surface area contributed by atoms with Crippen molar-refractivity contribution in [3.63, 3.8) is 0 Å². The molecular formula is C17H22N2O. The van der Waals surface area contributed by atoms with Crippen molar-refractivity contribution < 1.29 is 4.74 Å². The SMILES string of the molecule is COc1ccc(N(C)Cc2ccccc2CCN)cc1. The highest BCUT2D eigenvalue weighted by Gasteiger charge is 2.06. The van der Waals surface area contributed by atoms with Gasteiger partial charge in [-0.2, -0.15) is 0 Å². The Hall–Kier alpha value is -2.00. The lowest BCUT2D eigenvalue weighted by Gasteiger charge is -2.21. The first-order chi connectivity index (χ1) is 9.74. The van der Waals surface area contributed by atoms with Crippen molar-refractivity contribution >= 4 is 5.69 Å². The summed E-state index contributed by atoms with van der Waals surface area (Å²) in [5.74, 6) is 0.880. The molecule has 0 aromatic heterocycles. The number of rotatable bonds is 6. The zero-order valence-corrected chi connectivity index (χ0v) is 12.2. The minimum absolute atomic E-state index is 0.684. The fraction of sp³-hybridized carbons (Fsp3) is 0.294. The average Bonchev–Trinajstić information content (AvgIpc) is 2.49. The van der Waals surface area contributed by atoms with Crippen LogP contribution in [0.5, 0.6) is 5.75 Å². The van der Waals surface area contributed by atoms with Crippen molar-refractivity contribution in [2.24, 2.45) is 5.73 Å². The van der Waals surface area contributed by atoms with Crippen LogP contribution in [0.3, 0.4) is 0 Å². The maximum absolute atomic E-state index is 5.68. The van der Waals surface area contributed by atoms with Crippen LogP contribution in [-0.2, 0) is 13.0 Å². The molecule has 2 N–H and O–H groups in total. The Morgan fingerprint density at radius 2 is 1.65 bits per heavy atom. The molecule has 0 amide bonds. The van der Waals surface area contributed by atoms with Crippen LogP contribution >= 0.6 is 0 Å². The summed E-state index contributed by atoms with van der Waals surface area (Å²) in [6.45, 7) is 1.56. The highest BCUT2D eigenvalue weighted by molar-refractivity contribution is 5.49. The molecule has 2 aromatic carbocycles. The Labute approximate surface area is 121 Å². The van der Waals surface area contributed by atoms with E-state index in [1.54, 1.807) is 7.11 Å². The molecule has 20 heavy (non-hydrogen) atoms. The third-order valence-electron chi connectivity index (χ3n) is 3.45. The van der Waals surface area contributed by atoms with E-state index >= 15 is 0 Å². The lowest BCUT2D eigenvalue weighted by molar-refractivity contribution is 0.415. The highest BCUT2D eigenvalue weighted by atomic mass is 16.5. The summed E-state index contributed by atoms with van der Waals surface area (Å²) < 4.78 is 5.19. The summed E-state index contributed by atoms with van der Waals surface area (Å²) in [6.07, 6.45) is 0.923. The zero-order chi connectivity index (χ0) is 14.4. The number of nitrogens with two attached hydrogens (primary N) is 1. The molecule has 0 aliphatic carbocycles. The van der Waals surface area contributed by atoms with E-state index in [9.17, 15) is 0 Å². The predicted octanol–water partition coefficient (Wildman–Crippen LogP) is 2.83. The number of nitrogens with zero attached hydrogens (tertiary/aromatic N) is 1. The monoisotopic (exact) mass is 270 g/mol. The molecule has 0 aliphatic heterocycles. The first kappa shape index (κ1) is 14.4. The van der Waals surface area contributed by atoms with Crippen LogP contribution in [0, 0.1) is 0 Å². The molecule has 3 heteroatoms. The van der Waals surface area contributed by atoms with Crippen molar-refractivity contribution in [2.75, 3.05) is 25.6 Å². The molecule has 0 bridgehead atoms. The molecule has 106 valence electrons. The molecule has 0 saturated heterocycles. The Bertz CT molecular complexity index is 537. The third kappa shape index (κ3) is 3.52. The van der Waals surface area contributed by atoms with Gasteiger partial charge in [-0.1, -0.05) is 24.3 Å². The van der Waals surface area contributed by atoms with Gasteiger partial charge in [-0.15, -0.1) is 0 Å². The summed E-state index contributed by atoms with van der Waals surface area (Å²) in [5.41, 5.74) is 9.51. The molecule has 0 heterocycles. The number of hydrogen-bond donors (Lipinski definition) is 1. The van der Waals surface area contributed by atoms with Crippen molar-refractivity contribution in [2.45, 2.75) is 13.0 Å². The smallest absolute Gasteiger partial charge is 0.119 e. The van der Waals surface area contributed by atoms with Gasteiger partial charge in [0, 0.05) is 19.3 Å². The number of methoxy groups -OCH3 is 1. The average molecular weight is 270 g/mol. The summed E-state index contributed by atoms with van der Waals surface area (Å²) >= 11 is 0. The molecule has 0 radical (unpaired) electrons. The fourth-order valence-corrected chi connectivity index (χ4v) is 2.29. The summed E-state index contributed by atoms with van der Waals surface area (Å²) in [7, 11) is 3.78. The van der Waals surface area contributed by atoms with E-state index in [2.05, 4.69) is 48.3 Å². The largest absolute Gasteiger partial charge is 0.497 e. The van der Waals surface area contributed by atoms with Gasteiger partial charge in [0.05, 0.1) is 7.11 Å². The molecule has 0 atom stereocenters. The molecule has 0 fully saturated rings. The predicted molar refractivity (Wildman–Crippen MR) is 84.3 cm³/mol. The molecule has 2 aromatic rings. The lowest BCUT2D eigenvalue weighted by atomic mass is 10.0. The normalized spacial score (nSPS) is 10.3. The third-order valence-corrected chi connectivity index (χ3v) is 3.45. The van der Waals surface area contributed by atoms with E-state index in [-0.39, 0.29) is 0 Å². The Balaban J connectivity index is 2.12. The number of anilines is 1. The zero-order valence-electron chi connectivity index (χ0n) is 12.2. The van der Waals surface area contributed by atoms with E-state index in [1.807, 2.05) is 12.1 Å². The molecule has 0 unspecified atom stereocenters. The van der Waals surface area contributed by atoms with Crippen molar-refractivity contribution in [3.05, 3.63) is 59.7 Å². The molecule has 0 spiro atoms. The van der Waals surface area contributed by atoms with Gasteiger partial charge >= 0.3 is 0 Å².